The first-order chi connectivity index (χ1) is 21.9. The van der Waals surface area contributed by atoms with E-state index in [1.807, 2.05) is 42.1 Å². The van der Waals surface area contributed by atoms with Crippen LogP contribution in [-0.2, 0) is 22.6 Å². The maximum Gasteiger partial charge on any atom is 0.240 e. The van der Waals surface area contributed by atoms with Crippen LogP contribution < -0.4 is 11.5 Å². The van der Waals surface area contributed by atoms with Gasteiger partial charge in [-0.2, -0.15) is 0 Å². The van der Waals surface area contributed by atoms with E-state index in [1.54, 1.807) is 12.1 Å². The van der Waals surface area contributed by atoms with Gasteiger partial charge in [0.1, 0.15) is 11.6 Å². The molecule has 4 atom stereocenters. The van der Waals surface area contributed by atoms with E-state index in [1.165, 1.54) is 24.3 Å². The molecule has 46 heavy (non-hydrogen) atoms. The van der Waals surface area contributed by atoms with Crippen LogP contribution in [0.1, 0.15) is 58.9 Å². The highest BCUT2D eigenvalue weighted by atomic mass is 19.1. The molecule has 4 heterocycles. The highest BCUT2D eigenvalue weighted by Crippen LogP contribution is 2.36. The number of amides is 2. The number of aromatic nitrogens is 3. The van der Waals surface area contributed by atoms with E-state index in [9.17, 15) is 18.4 Å². The summed E-state index contributed by atoms with van der Waals surface area (Å²) in [6.07, 6.45) is 3.87. The average molecular weight is 634 g/mol. The van der Waals surface area contributed by atoms with Crippen LogP contribution in [-0.4, -0.2) is 73.4 Å². The normalized spacial score (nSPS) is 20.1. The van der Waals surface area contributed by atoms with E-state index in [0.717, 1.165) is 42.1 Å². The van der Waals surface area contributed by atoms with Crippen LogP contribution in [0.25, 0.3) is 33.5 Å². The zero-order valence-corrected chi connectivity index (χ0v) is 27.1. The molecular weight excluding hydrogens is 588 g/mol. The van der Waals surface area contributed by atoms with Crippen LogP contribution in [0.2, 0.25) is 0 Å². The predicted octanol–water partition coefficient (Wildman–Crippen LogP) is 4.95. The topological polar surface area (TPSA) is 126 Å². The van der Waals surface area contributed by atoms with Crippen molar-refractivity contribution in [1.82, 2.24) is 24.3 Å². The third-order valence-electron chi connectivity index (χ3n) is 9.96. The SMILES string of the molecule is CC(C)C(N)C(=O)N1CCC[C@H]1Cc1c(-c2nc3cc(F)ccc3n2C[C@@H]2CCCN2C(=O)C(N)C(C)C)[nH]c2cc(F)ccc12. The van der Waals surface area contributed by atoms with Gasteiger partial charge in [0.25, 0.3) is 0 Å². The highest BCUT2D eigenvalue weighted by Gasteiger charge is 2.36. The first-order valence-electron chi connectivity index (χ1n) is 16.5. The molecule has 2 saturated heterocycles. The fourth-order valence-electron chi connectivity index (χ4n) is 7.16. The summed E-state index contributed by atoms with van der Waals surface area (Å²) < 4.78 is 31.1. The minimum atomic E-state index is -0.593. The Balaban J connectivity index is 1.45. The van der Waals surface area contributed by atoms with Crippen molar-refractivity contribution in [3.05, 3.63) is 53.6 Å². The van der Waals surface area contributed by atoms with Gasteiger partial charge in [0.05, 0.1) is 28.8 Å². The van der Waals surface area contributed by atoms with Crippen molar-refractivity contribution in [2.24, 2.45) is 23.3 Å². The molecule has 2 aliphatic rings. The summed E-state index contributed by atoms with van der Waals surface area (Å²) in [4.78, 5) is 39.0. The Kier molecular flexibility index (Phi) is 8.91. The molecule has 2 amide bonds. The van der Waals surface area contributed by atoms with E-state index in [2.05, 4.69) is 4.98 Å². The second-order valence-electron chi connectivity index (χ2n) is 13.7. The molecule has 0 aliphatic carbocycles. The quantitative estimate of drug-likeness (QED) is 0.240. The molecule has 246 valence electrons. The molecule has 2 aliphatic heterocycles. The lowest BCUT2D eigenvalue weighted by atomic mass is 9.98. The van der Waals surface area contributed by atoms with Crippen LogP contribution in [0.4, 0.5) is 8.78 Å². The molecular formula is C35H45F2N7O2. The van der Waals surface area contributed by atoms with E-state index >= 15 is 0 Å². The largest absolute Gasteiger partial charge is 0.352 e. The minimum Gasteiger partial charge on any atom is -0.352 e. The lowest BCUT2D eigenvalue weighted by molar-refractivity contribution is -0.135. The van der Waals surface area contributed by atoms with Gasteiger partial charge in [-0.15, -0.1) is 0 Å². The fourth-order valence-corrected chi connectivity index (χ4v) is 7.16. The maximum absolute atomic E-state index is 14.5. The number of H-pyrrole nitrogens is 1. The number of carbonyl (C=O) groups excluding carboxylic acids is 2. The number of rotatable bonds is 9. The molecule has 0 bridgehead atoms. The number of nitrogens with two attached hydrogens (primary N) is 2. The molecule has 2 unspecified atom stereocenters. The maximum atomic E-state index is 14.5. The smallest absolute Gasteiger partial charge is 0.240 e. The average Bonchev–Trinajstić information content (AvgIpc) is 3.81. The van der Waals surface area contributed by atoms with Gasteiger partial charge in [0.15, 0.2) is 5.82 Å². The van der Waals surface area contributed by atoms with Gasteiger partial charge in [0.2, 0.25) is 11.8 Å². The number of hydrogen-bond donors (Lipinski definition) is 3. The summed E-state index contributed by atoms with van der Waals surface area (Å²) in [5.41, 5.74) is 16.1. The van der Waals surface area contributed by atoms with Crippen molar-refractivity contribution in [2.45, 2.75) is 90.5 Å². The number of fused-ring (bicyclic) bond motifs is 2. The number of hydrogen-bond acceptors (Lipinski definition) is 5. The number of halogens is 2. The second-order valence-corrected chi connectivity index (χ2v) is 13.7. The number of carbonyl (C=O) groups is 2. The molecule has 0 spiro atoms. The molecule has 2 fully saturated rings. The van der Waals surface area contributed by atoms with E-state index in [0.29, 0.717) is 48.6 Å². The third-order valence-corrected chi connectivity index (χ3v) is 9.96. The summed E-state index contributed by atoms with van der Waals surface area (Å²) in [7, 11) is 0. The van der Waals surface area contributed by atoms with Gasteiger partial charge >= 0.3 is 0 Å². The number of benzene rings is 2. The van der Waals surface area contributed by atoms with Crippen LogP contribution in [0.15, 0.2) is 36.4 Å². The Labute approximate surface area is 268 Å². The Morgan fingerprint density at radius 2 is 1.48 bits per heavy atom. The van der Waals surface area contributed by atoms with Crippen molar-refractivity contribution < 1.29 is 18.4 Å². The minimum absolute atomic E-state index is 0.00721. The molecule has 0 radical (unpaired) electrons. The molecule has 6 rings (SSSR count). The lowest BCUT2D eigenvalue weighted by Gasteiger charge is -2.30. The first-order valence-corrected chi connectivity index (χ1v) is 16.5. The first kappa shape index (κ1) is 32.1. The number of nitrogens with zero attached hydrogens (tertiary/aromatic N) is 4. The summed E-state index contributed by atoms with van der Waals surface area (Å²) in [5.74, 6) is -0.297. The van der Waals surface area contributed by atoms with Crippen molar-refractivity contribution in [3.8, 4) is 11.5 Å². The number of imidazole rings is 1. The van der Waals surface area contributed by atoms with Crippen molar-refractivity contribution in [1.29, 1.82) is 0 Å². The van der Waals surface area contributed by atoms with Crippen molar-refractivity contribution >= 4 is 33.8 Å². The highest BCUT2D eigenvalue weighted by molar-refractivity contribution is 5.92. The Morgan fingerprint density at radius 3 is 2.13 bits per heavy atom. The number of aromatic amines is 1. The predicted molar refractivity (Wildman–Crippen MR) is 176 cm³/mol. The zero-order chi connectivity index (χ0) is 32.9. The third kappa shape index (κ3) is 5.90. The van der Waals surface area contributed by atoms with Gasteiger partial charge < -0.3 is 30.8 Å². The molecule has 0 saturated carbocycles. The van der Waals surface area contributed by atoms with Gasteiger partial charge in [0, 0.05) is 48.7 Å². The van der Waals surface area contributed by atoms with Crippen LogP contribution in [0, 0.1) is 23.5 Å². The summed E-state index contributed by atoms with van der Waals surface area (Å²) in [6, 6.07) is 7.82. The van der Waals surface area contributed by atoms with Crippen molar-refractivity contribution in [2.75, 3.05) is 13.1 Å². The van der Waals surface area contributed by atoms with Crippen LogP contribution in [0.3, 0.4) is 0 Å². The molecule has 2 aromatic carbocycles. The molecule has 4 aromatic rings. The van der Waals surface area contributed by atoms with Crippen molar-refractivity contribution in [3.63, 3.8) is 0 Å². The number of likely N-dealkylation sites (tertiary alicyclic amines) is 2. The summed E-state index contributed by atoms with van der Waals surface area (Å²) in [5, 5.41) is 0.842. The molecule has 2 aromatic heterocycles. The summed E-state index contributed by atoms with van der Waals surface area (Å²) in [6.45, 7) is 9.48. The number of nitrogens with one attached hydrogen (secondary N) is 1. The van der Waals surface area contributed by atoms with Gasteiger partial charge in [-0.1, -0.05) is 27.7 Å². The lowest BCUT2D eigenvalue weighted by Crippen LogP contribution is -2.49. The van der Waals surface area contributed by atoms with Gasteiger partial charge in [-0.3, -0.25) is 9.59 Å². The van der Waals surface area contributed by atoms with Crippen LogP contribution >= 0.6 is 0 Å². The Hall–Kier alpha value is -3.83. The standard InChI is InChI=1S/C35H45F2N7O2/c1-19(2)30(38)34(45)42-13-5-7-23(42)17-26-25-11-9-21(36)15-27(25)40-32(26)33-41-28-16-22(37)10-12-29(28)44(33)18-24-8-6-14-43(24)35(46)31(39)20(3)4/h9-12,15-16,19-20,23-24,30-31,40H,5-8,13-14,17-18,38-39H2,1-4H3/t23-,24-,30?,31?/m0/s1. The second kappa shape index (κ2) is 12.8. The molecule has 9 nitrogen and oxygen atoms in total. The van der Waals surface area contributed by atoms with Gasteiger partial charge in [-0.05, 0) is 79.8 Å². The Morgan fingerprint density at radius 1 is 0.891 bits per heavy atom. The Bertz CT molecular complexity index is 1630. The van der Waals surface area contributed by atoms with Crippen LogP contribution in [0.5, 0.6) is 0 Å². The summed E-state index contributed by atoms with van der Waals surface area (Å²) >= 11 is 0. The van der Waals surface area contributed by atoms with Gasteiger partial charge in [-0.25, -0.2) is 13.8 Å². The van der Waals surface area contributed by atoms with E-state index in [4.69, 9.17) is 16.5 Å². The fraction of sp³-hybridized carbons (Fsp3) is 0.514. The molecule has 5 N–H and O–H groups in total. The van der Waals surface area contributed by atoms with E-state index < -0.39 is 17.9 Å². The molecule has 11 heteroatoms. The zero-order valence-electron chi connectivity index (χ0n) is 27.1. The van der Waals surface area contributed by atoms with E-state index in [-0.39, 0.29) is 41.6 Å². The monoisotopic (exact) mass is 633 g/mol.